The van der Waals surface area contributed by atoms with Crippen LogP contribution < -0.4 is 4.72 Å². The van der Waals surface area contributed by atoms with Crippen molar-refractivity contribution in [3.63, 3.8) is 0 Å². The molecular formula is C15H18N2O3S. The Kier molecular flexibility index (Phi) is 4.72. The molecule has 0 aliphatic heterocycles. The van der Waals surface area contributed by atoms with Crippen LogP contribution in [-0.2, 0) is 16.6 Å². The number of aliphatic hydroxyl groups is 1. The molecule has 0 fully saturated rings. The molecule has 112 valence electrons. The molecule has 0 saturated heterocycles. The number of rotatable bonds is 5. The molecule has 0 radical (unpaired) electrons. The Balaban J connectivity index is 2.19. The van der Waals surface area contributed by atoms with Crippen LogP contribution in [0.2, 0.25) is 0 Å². The number of nitrogens with zero attached hydrogens (tertiary/aromatic N) is 1. The molecule has 2 N–H and O–H groups in total. The van der Waals surface area contributed by atoms with E-state index in [1.54, 1.807) is 37.5 Å². The van der Waals surface area contributed by atoms with Crippen LogP contribution in [0.5, 0.6) is 0 Å². The van der Waals surface area contributed by atoms with Crippen molar-refractivity contribution in [2.24, 2.45) is 0 Å². The lowest BCUT2D eigenvalue weighted by Crippen LogP contribution is -2.23. The predicted octanol–water partition coefficient (Wildman–Crippen LogP) is 1.92. The second-order valence-corrected chi connectivity index (χ2v) is 6.64. The van der Waals surface area contributed by atoms with Crippen molar-refractivity contribution in [1.29, 1.82) is 0 Å². The summed E-state index contributed by atoms with van der Waals surface area (Å²) in [5.41, 5.74) is 2.37. The maximum absolute atomic E-state index is 12.3. The van der Waals surface area contributed by atoms with E-state index in [-0.39, 0.29) is 11.4 Å². The van der Waals surface area contributed by atoms with E-state index in [1.165, 1.54) is 12.1 Å². The highest BCUT2D eigenvalue weighted by atomic mass is 32.2. The number of sulfonamides is 1. The summed E-state index contributed by atoms with van der Waals surface area (Å²) in [5, 5.41) is 9.54. The van der Waals surface area contributed by atoms with Crippen LogP contribution in [0.1, 0.15) is 29.7 Å². The topological polar surface area (TPSA) is 79.3 Å². The number of hydrogen-bond acceptors (Lipinski definition) is 4. The Morgan fingerprint density at radius 3 is 2.76 bits per heavy atom. The first kappa shape index (κ1) is 15.6. The number of pyridine rings is 1. The molecule has 0 saturated carbocycles. The smallest absolute Gasteiger partial charge is 0.240 e. The summed E-state index contributed by atoms with van der Waals surface area (Å²) in [7, 11) is -3.61. The van der Waals surface area contributed by atoms with Crippen LogP contribution in [0.3, 0.4) is 0 Å². The molecule has 6 heteroatoms. The average molecular weight is 306 g/mol. The van der Waals surface area contributed by atoms with Crippen LogP contribution >= 0.6 is 0 Å². The van der Waals surface area contributed by atoms with Gasteiger partial charge in [-0.2, -0.15) is 0 Å². The van der Waals surface area contributed by atoms with Crippen LogP contribution in [0, 0.1) is 6.92 Å². The third-order valence-electron chi connectivity index (χ3n) is 3.24. The highest BCUT2D eigenvalue weighted by Crippen LogP contribution is 2.17. The average Bonchev–Trinajstić information content (AvgIpc) is 2.46. The Morgan fingerprint density at radius 1 is 1.33 bits per heavy atom. The van der Waals surface area contributed by atoms with Crippen molar-refractivity contribution in [1.82, 2.24) is 9.71 Å². The van der Waals surface area contributed by atoms with Crippen molar-refractivity contribution in [3.05, 3.63) is 59.4 Å². The molecule has 0 aliphatic rings. The summed E-state index contributed by atoms with van der Waals surface area (Å²) in [6.45, 7) is 3.68. The minimum Gasteiger partial charge on any atom is -0.389 e. The zero-order valence-corrected chi connectivity index (χ0v) is 12.8. The monoisotopic (exact) mass is 306 g/mol. The summed E-state index contributed by atoms with van der Waals surface area (Å²) < 4.78 is 27.1. The van der Waals surface area contributed by atoms with Gasteiger partial charge in [0, 0.05) is 18.9 Å². The van der Waals surface area contributed by atoms with E-state index in [0.29, 0.717) is 5.56 Å². The van der Waals surface area contributed by atoms with Gasteiger partial charge < -0.3 is 5.11 Å². The van der Waals surface area contributed by atoms with Crippen molar-refractivity contribution in [2.45, 2.75) is 31.4 Å². The summed E-state index contributed by atoms with van der Waals surface area (Å²) >= 11 is 0. The zero-order valence-electron chi connectivity index (χ0n) is 11.9. The van der Waals surface area contributed by atoms with Crippen LogP contribution in [-0.4, -0.2) is 18.5 Å². The van der Waals surface area contributed by atoms with Gasteiger partial charge in [-0.1, -0.05) is 12.1 Å². The normalized spacial score (nSPS) is 13.1. The Bertz CT molecular complexity index is 727. The van der Waals surface area contributed by atoms with E-state index in [0.717, 1.165) is 11.1 Å². The molecule has 1 heterocycles. The Labute approximate surface area is 124 Å². The zero-order chi connectivity index (χ0) is 15.5. The third-order valence-corrected chi connectivity index (χ3v) is 4.64. The van der Waals surface area contributed by atoms with E-state index in [4.69, 9.17) is 0 Å². The van der Waals surface area contributed by atoms with Gasteiger partial charge in [-0.05, 0) is 48.7 Å². The number of aryl methyl sites for hydroxylation is 1. The largest absolute Gasteiger partial charge is 0.389 e. The third kappa shape index (κ3) is 3.87. The van der Waals surface area contributed by atoms with Gasteiger partial charge in [0.25, 0.3) is 0 Å². The standard InChI is InChI=1S/C15H18N2O3S/c1-11-9-16-7-6-14(11)10-17-21(19,20)15-5-3-4-13(8-15)12(2)18/h3-9,12,17-18H,10H2,1-2H3. The minimum absolute atomic E-state index is 0.146. The second-order valence-electron chi connectivity index (χ2n) is 4.88. The predicted molar refractivity (Wildman–Crippen MR) is 80.1 cm³/mol. The summed E-state index contributed by atoms with van der Waals surface area (Å²) in [6.07, 6.45) is 2.62. The van der Waals surface area contributed by atoms with Gasteiger partial charge in [0.1, 0.15) is 0 Å². The van der Waals surface area contributed by atoms with E-state index in [9.17, 15) is 13.5 Å². The number of nitrogens with one attached hydrogen (secondary N) is 1. The molecule has 5 nitrogen and oxygen atoms in total. The Hall–Kier alpha value is -1.76. The Morgan fingerprint density at radius 2 is 2.10 bits per heavy atom. The maximum Gasteiger partial charge on any atom is 0.240 e. The first-order valence-electron chi connectivity index (χ1n) is 6.57. The van der Waals surface area contributed by atoms with Crippen molar-refractivity contribution >= 4 is 10.0 Å². The lowest BCUT2D eigenvalue weighted by atomic mass is 10.1. The number of aliphatic hydroxyl groups excluding tert-OH is 1. The van der Waals surface area contributed by atoms with Crippen molar-refractivity contribution < 1.29 is 13.5 Å². The van der Waals surface area contributed by atoms with Gasteiger partial charge in [0.2, 0.25) is 10.0 Å². The van der Waals surface area contributed by atoms with Gasteiger partial charge in [-0.3, -0.25) is 4.98 Å². The van der Waals surface area contributed by atoms with E-state index >= 15 is 0 Å². The number of benzene rings is 1. The van der Waals surface area contributed by atoms with Gasteiger partial charge >= 0.3 is 0 Å². The molecule has 0 amide bonds. The van der Waals surface area contributed by atoms with Crippen LogP contribution in [0.25, 0.3) is 0 Å². The van der Waals surface area contributed by atoms with Gasteiger partial charge in [0.15, 0.2) is 0 Å². The minimum atomic E-state index is -3.61. The van der Waals surface area contributed by atoms with Gasteiger partial charge in [-0.15, -0.1) is 0 Å². The fraction of sp³-hybridized carbons (Fsp3) is 0.267. The molecule has 0 spiro atoms. The van der Waals surface area contributed by atoms with E-state index in [1.807, 2.05) is 6.92 Å². The second kappa shape index (κ2) is 6.34. The number of aromatic nitrogens is 1. The van der Waals surface area contributed by atoms with Crippen molar-refractivity contribution in [2.75, 3.05) is 0 Å². The molecule has 1 aromatic heterocycles. The first-order chi connectivity index (χ1) is 9.90. The molecule has 0 bridgehead atoms. The molecule has 1 atom stereocenters. The number of hydrogen-bond donors (Lipinski definition) is 2. The maximum atomic E-state index is 12.3. The van der Waals surface area contributed by atoms with Crippen LogP contribution in [0.15, 0.2) is 47.6 Å². The highest BCUT2D eigenvalue weighted by molar-refractivity contribution is 7.89. The quantitative estimate of drug-likeness (QED) is 0.884. The fourth-order valence-electron chi connectivity index (χ4n) is 1.90. The fourth-order valence-corrected chi connectivity index (χ4v) is 2.96. The lowest BCUT2D eigenvalue weighted by Gasteiger charge is -2.10. The van der Waals surface area contributed by atoms with Crippen LogP contribution in [0.4, 0.5) is 0 Å². The van der Waals surface area contributed by atoms with Gasteiger partial charge in [-0.25, -0.2) is 13.1 Å². The molecule has 21 heavy (non-hydrogen) atoms. The summed E-state index contributed by atoms with van der Waals surface area (Å²) in [4.78, 5) is 4.12. The SMILES string of the molecule is Cc1cnccc1CNS(=O)(=O)c1cccc(C(C)O)c1. The highest BCUT2D eigenvalue weighted by Gasteiger charge is 2.15. The summed E-state index contributed by atoms with van der Waals surface area (Å²) in [5.74, 6) is 0. The van der Waals surface area contributed by atoms with E-state index in [2.05, 4.69) is 9.71 Å². The summed E-state index contributed by atoms with van der Waals surface area (Å²) in [6, 6.07) is 8.08. The molecule has 2 rings (SSSR count). The van der Waals surface area contributed by atoms with Crippen molar-refractivity contribution in [3.8, 4) is 0 Å². The molecule has 1 aromatic carbocycles. The molecule has 0 aliphatic carbocycles. The molecule has 2 aromatic rings. The first-order valence-corrected chi connectivity index (χ1v) is 8.05. The molecular weight excluding hydrogens is 288 g/mol. The molecule has 1 unspecified atom stereocenters. The van der Waals surface area contributed by atoms with Gasteiger partial charge in [0.05, 0.1) is 11.0 Å². The lowest BCUT2D eigenvalue weighted by molar-refractivity contribution is 0.199. The van der Waals surface area contributed by atoms with E-state index < -0.39 is 16.1 Å².